The molecule has 0 spiro atoms. The van der Waals surface area contributed by atoms with Crippen LogP contribution in [0.1, 0.15) is 16.2 Å². The summed E-state index contributed by atoms with van der Waals surface area (Å²) >= 11 is 1.58. The lowest BCUT2D eigenvalue weighted by molar-refractivity contribution is 0.0941. The van der Waals surface area contributed by atoms with Crippen molar-refractivity contribution in [1.29, 1.82) is 0 Å². The van der Waals surface area contributed by atoms with Gasteiger partial charge in [0.05, 0.1) is 18.4 Å². The summed E-state index contributed by atoms with van der Waals surface area (Å²) in [4.78, 5) is 16.2. The Morgan fingerprint density at radius 2 is 2.32 bits per heavy atom. The van der Waals surface area contributed by atoms with Gasteiger partial charge in [-0.3, -0.25) is 9.78 Å². The maximum absolute atomic E-state index is 12.2. The first kappa shape index (κ1) is 15.2. The molecule has 0 aliphatic carbocycles. The molecule has 4 rings (SSSR count). The van der Waals surface area contributed by atoms with Crippen LogP contribution in [0.4, 0.5) is 0 Å². The Morgan fingerprint density at radius 3 is 3.12 bits per heavy atom. The van der Waals surface area contributed by atoms with Gasteiger partial charge in [0.2, 0.25) is 0 Å². The summed E-state index contributed by atoms with van der Waals surface area (Å²) < 4.78 is 6.86. The number of nitrogens with zero attached hydrogens (tertiary/aromatic N) is 5. The van der Waals surface area contributed by atoms with Crippen molar-refractivity contribution in [2.45, 2.75) is 6.54 Å². The van der Waals surface area contributed by atoms with Crippen LogP contribution in [0.15, 0.2) is 58.1 Å². The average Bonchev–Trinajstić information content (AvgIpc) is 3.41. The van der Waals surface area contributed by atoms with Crippen LogP contribution in [-0.2, 0) is 6.54 Å². The van der Waals surface area contributed by atoms with E-state index in [-0.39, 0.29) is 18.1 Å². The van der Waals surface area contributed by atoms with Gasteiger partial charge in [0.25, 0.3) is 5.91 Å². The molecule has 0 aromatic carbocycles. The minimum absolute atomic E-state index is 0.198. The van der Waals surface area contributed by atoms with Crippen molar-refractivity contribution in [3.05, 3.63) is 65.0 Å². The van der Waals surface area contributed by atoms with Crippen molar-refractivity contribution in [2.24, 2.45) is 0 Å². The second kappa shape index (κ2) is 6.65. The highest BCUT2D eigenvalue weighted by Gasteiger charge is 2.14. The van der Waals surface area contributed by atoms with Crippen molar-refractivity contribution in [2.75, 3.05) is 0 Å². The van der Waals surface area contributed by atoms with E-state index < -0.39 is 0 Å². The number of amides is 1. The van der Waals surface area contributed by atoms with Crippen molar-refractivity contribution in [3.8, 4) is 17.0 Å². The van der Waals surface area contributed by atoms with Crippen LogP contribution in [0.2, 0.25) is 0 Å². The predicted octanol–water partition coefficient (Wildman–Crippen LogP) is 2.31. The predicted molar refractivity (Wildman–Crippen MR) is 90.1 cm³/mol. The van der Waals surface area contributed by atoms with E-state index in [9.17, 15) is 4.79 Å². The summed E-state index contributed by atoms with van der Waals surface area (Å²) in [6, 6.07) is 7.14. The van der Waals surface area contributed by atoms with Crippen molar-refractivity contribution < 1.29 is 9.32 Å². The SMILES string of the molecule is O=C(NCc1cn(-c2ccsc2)nn1)c1cc(-c2cccnc2)on1. The quantitative estimate of drug-likeness (QED) is 0.592. The lowest BCUT2D eigenvalue weighted by atomic mass is 10.2. The summed E-state index contributed by atoms with van der Waals surface area (Å²) in [5.41, 5.74) is 2.54. The lowest BCUT2D eigenvalue weighted by Crippen LogP contribution is -2.23. The largest absolute Gasteiger partial charge is 0.355 e. The Balaban J connectivity index is 1.40. The average molecular weight is 352 g/mol. The van der Waals surface area contributed by atoms with Gasteiger partial charge in [-0.25, -0.2) is 4.68 Å². The minimum Gasteiger partial charge on any atom is -0.355 e. The Kier molecular flexibility index (Phi) is 4.05. The molecule has 0 unspecified atom stereocenters. The molecule has 4 aromatic rings. The van der Waals surface area contributed by atoms with Gasteiger partial charge in [-0.05, 0) is 23.6 Å². The molecule has 0 bridgehead atoms. The number of hydrogen-bond donors (Lipinski definition) is 1. The normalized spacial score (nSPS) is 10.7. The van der Waals surface area contributed by atoms with Crippen LogP contribution in [0.3, 0.4) is 0 Å². The van der Waals surface area contributed by atoms with Crippen molar-refractivity contribution >= 4 is 17.2 Å². The standard InChI is InChI=1S/C16H12N6O2S/c23-16(14-6-15(24-20-14)11-2-1-4-17-7-11)18-8-12-9-22(21-19-12)13-3-5-25-10-13/h1-7,9-10H,8H2,(H,18,23). The smallest absolute Gasteiger partial charge is 0.273 e. The Morgan fingerprint density at radius 1 is 1.36 bits per heavy atom. The third kappa shape index (κ3) is 3.31. The van der Waals surface area contributed by atoms with Gasteiger partial charge in [0.1, 0.15) is 5.69 Å². The van der Waals surface area contributed by atoms with Crippen LogP contribution in [0.5, 0.6) is 0 Å². The fraction of sp³-hybridized carbons (Fsp3) is 0.0625. The zero-order valence-corrected chi connectivity index (χ0v) is 13.7. The maximum atomic E-state index is 12.2. The van der Waals surface area contributed by atoms with E-state index in [0.717, 1.165) is 11.3 Å². The van der Waals surface area contributed by atoms with E-state index in [1.807, 2.05) is 22.9 Å². The van der Waals surface area contributed by atoms with Crippen LogP contribution in [0.25, 0.3) is 17.0 Å². The number of hydrogen-bond acceptors (Lipinski definition) is 7. The fourth-order valence-corrected chi connectivity index (χ4v) is 2.80. The van der Waals surface area contributed by atoms with E-state index in [0.29, 0.717) is 11.5 Å². The summed E-state index contributed by atoms with van der Waals surface area (Å²) in [6.45, 7) is 0.248. The third-order valence-corrected chi connectivity index (χ3v) is 4.10. The van der Waals surface area contributed by atoms with Gasteiger partial charge in [0, 0.05) is 29.4 Å². The lowest BCUT2D eigenvalue weighted by Gasteiger charge is -1.98. The molecule has 1 N–H and O–H groups in total. The van der Waals surface area contributed by atoms with Gasteiger partial charge >= 0.3 is 0 Å². The van der Waals surface area contributed by atoms with Crippen LogP contribution in [-0.4, -0.2) is 31.0 Å². The monoisotopic (exact) mass is 352 g/mol. The summed E-state index contributed by atoms with van der Waals surface area (Å²) in [6.07, 6.45) is 5.08. The first-order chi connectivity index (χ1) is 12.3. The molecule has 25 heavy (non-hydrogen) atoms. The molecule has 124 valence electrons. The molecule has 0 radical (unpaired) electrons. The van der Waals surface area contributed by atoms with Crippen LogP contribution < -0.4 is 5.32 Å². The topological polar surface area (TPSA) is 98.7 Å². The number of pyridine rings is 1. The van der Waals surface area contributed by atoms with Gasteiger partial charge in [-0.15, -0.1) is 5.10 Å². The van der Waals surface area contributed by atoms with E-state index >= 15 is 0 Å². The Hall–Kier alpha value is -3.33. The zero-order valence-electron chi connectivity index (χ0n) is 12.9. The second-order valence-electron chi connectivity index (χ2n) is 5.14. The highest BCUT2D eigenvalue weighted by Crippen LogP contribution is 2.18. The molecule has 0 saturated carbocycles. The summed E-state index contributed by atoms with van der Waals surface area (Å²) in [7, 11) is 0. The first-order valence-corrected chi connectivity index (χ1v) is 8.33. The fourth-order valence-electron chi connectivity index (χ4n) is 2.18. The van der Waals surface area contributed by atoms with E-state index in [1.165, 1.54) is 0 Å². The molecule has 8 nitrogen and oxygen atoms in total. The highest BCUT2D eigenvalue weighted by molar-refractivity contribution is 7.08. The second-order valence-corrected chi connectivity index (χ2v) is 5.92. The van der Waals surface area contributed by atoms with Gasteiger partial charge < -0.3 is 9.84 Å². The molecule has 0 aliphatic rings. The summed E-state index contributed by atoms with van der Waals surface area (Å²) in [5, 5.41) is 18.5. The molecule has 0 aliphatic heterocycles. The Bertz CT molecular complexity index is 977. The van der Waals surface area contributed by atoms with E-state index in [1.54, 1.807) is 46.7 Å². The molecule has 0 fully saturated rings. The zero-order chi connectivity index (χ0) is 17.1. The molecule has 0 atom stereocenters. The molecular weight excluding hydrogens is 340 g/mol. The van der Waals surface area contributed by atoms with Gasteiger partial charge in [-0.2, -0.15) is 11.3 Å². The van der Waals surface area contributed by atoms with Crippen molar-refractivity contribution in [3.63, 3.8) is 0 Å². The highest BCUT2D eigenvalue weighted by atomic mass is 32.1. The third-order valence-electron chi connectivity index (χ3n) is 3.43. The number of aromatic nitrogens is 5. The Labute approximate surface area is 146 Å². The number of carbonyl (C=O) groups is 1. The minimum atomic E-state index is -0.344. The van der Waals surface area contributed by atoms with Crippen LogP contribution >= 0.6 is 11.3 Å². The molecule has 0 saturated heterocycles. The van der Waals surface area contributed by atoms with Gasteiger partial charge in [0.15, 0.2) is 11.5 Å². The molecule has 4 heterocycles. The number of carbonyl (C=O) groups excluding carboxylic acids is 1. The van der Waals surface area contributed by atoms with Crippen molar-refractivity contribution in [1.82, 2.24) is 30.5 Å². The summed E-state index contributed by atoms with van der Waals surface area (Å²) in [5.74, 6) is 0.144. The maximum Gasteiger partial charge on any atom is 0.273 e. The molecule has 9 heteroatoms. The number of rotatable bonds is 5. The molecule has 1 amide bonds. The number of thiophene rings is 1. The van der Waals surface area contributed by atoms with E-state index in [4.69, 9.17) is 4.52 Å². The molecular formula is C16H12N6O2S. The first-order valence-electron chi connectivity index (χ1n) is 7.39. The van der Waals surface area contributed by atoms with Gasteiger partial charge in [-0.1, -0.05) is 10.4 Å². The molecule has 4 aromatic heterocycles. The van der Waals surface area contributed by atoms with Crippen LogP contribution in [0, 0.1) is 0 Å². The number of nitrogens with one attached hydrogen (secondary N) is 1. The van der Waals surface area contributed by atoms with E-state index in [2.05, 4.69) is 25.8 Å².